The van der Waals surface area contributed by atoms with Crippen LogP contribution in [0.4, 0.5) is 18.0 Å². The Morgan fingerprint density at radius 3 is 2.48 bits per heavy atom. The molecule has 8 nitrogen and oxygen atoms in total. The quantitative estimate of drug-likeness (QED) is 0.560. The summed E-state index contributed by atoms with van der Waals surface area (Å²) in [6, 6.07) is 11.2. The molecule has 12 heteroatoms. The molecule has 2 aromatic heterocycles. The van der Waals surface area contributed by atoms with Crippen molar-refractivity contribution in [3.8, 4) is 16.3 Å². The molecule has 2 heterocycles. The molecule has 1 aromatic carbocycles. The second-order valence-electron chi connectivity index (χ2n) is 6.07. The third kappa shape index (κ3) is 6.15. The Morgan fingerprint density at radius 2 is 1.84 bits per heavy atom. The van der Waals surface area contributed by atoms with Gasteiger partial charge in [0.2, 0.25) is 0 Å². The molecule has 0 unspecified atom stereocenters. The fourth-order valence-corrected chi connectivity index (χ4v) is 3.15. The van der Waals surface area contributed by atoms with Gasteiger partial charge >= 0.3 is 18.2 Å². The van der Waals surface area contributed by atoms with Crippen LogP contribution in [0.25, 0.3) is 16.3 Å². The van der Waals surface area contributed by atoms with Gasteiger partial charge in [0.15, 0.2) is 6.61 Å². The maximum atomic E-state index is 12.6. The van der Waals surface area contributed by atoms with E-state index in [9.17, 15) is 27.6 Å². The Hall–Kier alpha value is -3.67. The summed E-state index contributed by atoms with van der Waals surface area (Å²) in [6.45, 7) is -2.46. The van der Waals surface area contributed by atoms with Gasteiger partial charge in [-0.2, -0.15) is 18.3 Å². The van der Waals surface area contributed by atoms with E-state index in [1.165, 1.54) is 27.5 Å². The lowest BCUT2D eigenvalue weighted by atomic mass is 10.2. The first-order chi connectivity index (χ1) is 14.7. The molecule has 0 atom stereocenters. The van der Waals surface area contributed by atoms with Crippen molar-refractivity contribution in [3.63, 3.8) is 0 Å². The van der Waals surface area contributed by atoms with Crippen LogP contribution >= 0.6 is 11.3 Å². The molecule has 0 radical (unpaired) electrons. The number of nitrogens with one attached hydrogen (secondary N) is 2. The van der Waals surface area contributed by atoms with Crippen molar-refractivity contribution in [2.45, 2.75) is 6.18 Å². The number of imide groups is 1. The number of para-hydroxylation sites is 1. The Labute approximate surface area is 177 Å². The van der Waals surface area contributed by atoms with Crippen molar-refractivity contribution in [2.75, 3.05) is 13.2 Å². The van der Waals surface area contributed by atoms with Crippen molar-refractivity contribution >= 4 is 29.2 Å². The number of nitrogens with zero attached hydrogens (tertiary/aromatic N) is 2. The van der Waals surface area contributed by atoms with Crippen LogP contribution in [-0.4, -0.2) is 47.0 Å². The van der Waals surface area contributed by atoms with E-state index in [-0.39, 0.29) is 5.56 Å². The van der Waals surface area contributed by atoms with Crippen LogP contribution in [0.15, 0.2) is 54.0 Å². The molecule has 0 saturated heterocycles. The summed E-state index contributed by atoms with van der Waals surface area (Å²) < 4.78 is 42.6. The number of hydrogen-bond acceptors (Lipinski definition) is 6. The van der Waals surface area contributed by atoms with Crippen LogP contribution in [0, 0.1) is 0 Å². The average molecular weight is 452 g/mol. The minimum atomic E-state index is -4.62. The fraction of sp³-hybridized carbons (Fsp3) is 0.158. The zero-order valence-corrected chi connectivity index (χ0v) is 16.5. The summed E-state index contributed by atoms with van der Waals surface area (Å²) in [5.41, 5.74) is 1.12. The normalized spacial score (nSPS) is 11.1. The molecule has 0 bridgehead atoms. The van der Waals surface area contributed by atoms with Crippen LogP contribution in [-0.2, 0) is 9.53 Å². The van der Waals surface area contributed by atoms with Crippen LogP contribution in [0.3, 0.4) is 0 Å². The lowest BCUT2D eigenvalue weighted by molar-refractivity contribution is -0.125. The summed E-state index contributed by atoms with van der Waals surface area (Å²) in [5.74, 6) is -1.96. The number of ether oxygens (including phenoxy) is 1. The van der Waals surface area contributed by atoms with Gasteiger partial charge in [-0.15, -0.1) is 11.3 Å². The number of esters is 1. The van der Waals surface area contributed by atoms with Gasteiger partial charge in [-0.25, -0.2) is 14.3 Å². The monoisotopic (exact) mass is 452 g/mol. The van der Waals surface area contributed by atoms with Gasteiger partial charge in [0.25, 0.3) is 5.91 Å². The molecule has 0 aliphatic carbocycles. The standard InChI is InChI=1S/C19H15F3N4O4S/c20-19(21,22)11-23-18(29)24-15(27)10-30-17(28)13-9-26(12-5-2-1-3-6-12)25-16(13)14-7-4-8-31-14/h1-9H,10-11H2,(H2,23,24,27,29). The minimum Gasteiger partial charge on any atom is -0.452 e. The van der Waals surface area contributed by atoms with Crippen molar-refractivity contribution in [1.29, 1.82) is 0 Å². The second kappa shape index (κ2) is 9.43. The average Bonchev–Trinajstić information content (AvgIpc) is 3.40. The van der Waals surface area contributed by atoms with Gasteiger partial charge in [-0.05, 0) is 23.6 Å². The summed E-state index contributed by atoms with van der Waals surface area (Å²) in [4.78, 5) is 36.2. The maximum Gasteiger partial charge on any atom is 0.405 e. The molecule has 3 aromatic rings. The van der Waals surface area contributed by atoms with Crippen molar-refractivity contribution in [1.82, 2.24) is 20.4 Å². The van der Waals surface area contributed by atoms with E-state index in [0.717, 1.165) is 0 Å². The Balaban J connectivity index is 1.68. The highest BCUT2D eigenvalue weighted by Crippen LogP contribution is 2.28. The third-order valence-electron chi connectivity index (χ3n) is 3.75. The Kier molecular flexibility index (Phi) is 6.70. The van der Waals surface area contributed by atoms with E-state index in [1.54, 1.807) is 47.1 Å². The molecule has 0 aliphatic heterocycles. The highest BCUT2D eigenvalue weighted by atomic mass is 32.1. The van der Waals surface area contributed by atoms with Gasteiger partial charge in [0, 0.05) is 6.20 Å². The second-order valence-corrected chi connectivity index (χ2v) is 7.02. The minimum absolute atomic E-state index is 0.0839. The predicted octanol–water partition coefficient (Wildman–Crippen LogP) is 3.15. The maximum absolute atomic E-state index is 12.6. The summed E-state index contributed by atoms with van der Waals surface area (Å²) in [6.07, 6.45) is -3.18. The van der Waals surface area contributed by atoms with E-state index in [4.69, 9.17) is 4.74 Å². The highest BCUT2D eigenvalue weighted by Gasteiger charge is 2.28. The number of benzene rings is 1. The molecule has 3 amide bonds. The van der Waals surface area contributed by atoms with Gasteiger partial charge in [0.05, 0.1) is 10.6 Å². The van der Waals surface area contributed by atoms with E-state index < -0.39 is 37.2 Å². The molecule has 0 fully saturated rings. The summed E-state index contributed by atoms with van der Waals surface area (Å²) in [5, 5.41) is 9.35. The number of amides is 3. The van der Waals surface area contributed by atoms with Crippen LogP contribution in [0.1, 0.15) is 10.4 Å². The van der Waals surface area contributed by atoms with Crippen LogP contribution < -0.4 is 10.6 Å². The molecule has 31 heavy (non-hydrogen) atoms. The molecule has 0 spiro atoms. The molecule has 0 aliphatic rings. The molecule has 162 valence electrons. The number of aromatic nitrogens is 2. The largest absolute Gasteiger partial charge is 0.452 e. The molecular weight excluding hydrogens is 437 g/mol. The van der Waals surface area contributed by atoms with E-state index in [2.05, 4.69) is 5.10 Å². The number of alkyl halides is 3. The Bertz CT molecular complexity index is 1070. The summed E-state index contributed by atoms with van der Waals surface area (Å²) >= 11 is 1.35. The van der Waals surface area contributed by atoms with E-state index in [1.807, 2.05) is 6.07 Å². The van der Waals surface area contributed by atoms with Crippen molar-refractivity contribution in [3.05, 3.63) is 59.6 Å². The van der Waals surface area contributed by atoms with Gasteiger partial charge in [0.1, 0.15) is 17.8 Å². The molecular formula is C19H15F3N4O4S. The van der Waals surface area contributed by atoms with Crippen molar-refractivity contribution < 1.29 is 32.3 Å². The van der Waals surface area contributed by atoms with Gasteiger partial charge in [-0.1, -0.05) is 24.3 Å². The highest BCUT2D eigenvalue weighted by molar-refractivity contribution is 7.13. The zero-order valence-electron chi connectivity index (χ0n) is 15.7. The number of thiophene rings is 1. The fourth-order valence-electron chi connectivity index (χ4n) is 2.43. The first kappa shape index (κ1) is 22.0. The van der Waals surface area contributed by atoms with Gasteiger partial charge < -0.3 is 10.1 Å². The smallest absolute Gasteiger partial charge is 0.405 e. The number of halogens is 3. The van der Waals surface area contributed by atoms with Crippen molar-refractivity contribution in [2.24, 2.45) is 0 Å². The number of carbonyl (C=O) groups excluding carboxylic acids is 3. The molecule has 2 N–H and O–H groups in total. The van der Waals surface area contributed by atoms with Gasteiger partial charge in [-0.3, -0.25) is 10.1 Å². The van der Waals surface area contributed by atoms with E-state index in [0.29, 0.717) is 16.3 Å². The van der Waals surface area contributed by atoms with E-state index >= 15 is 0 Å². The van der Waals surface area contributed by atoms with Crippen LogP contribution in [0.2, 0.25) is 0 Å². The topological polar surface area (TPSA) is 102 Å². The van der Waals surface area contributed by atoms with Crippen LogP contribution in [0.5, 0.6) is 0 Å². The first-order valence-corrected chi connectivity index (χ1v) is 9.61. The number of hydrogen-bond donors (Lipinski definition) is 2. The Morgan fingerprint density at radius 1 is 1.10 bits per heavy atom. The summed E-state index contributed by atoms with van der Waals surface area (Å²) in [7, 11) is 0. The predicted molar refractivity (Wildman–Crippen MR) is 105 cm³/mol. The number of rotatable bonds is 6. The zero-order chi connectivity index (χ0) is 22.4. The lowest BCUT2D eigenvalue weighted by Gasteiger charge is -2.09. The number of carbonyl (C=O) groups is 3. The molecule has 3 rings (SSSR count). The lowest BCUT2D eigenvalue weighted by Crippen LogP contribution is -2.44. The number of urea groups is 1. The third-order valence-corrected chi connectivity index (χ3v) is 4.62. The molecule has 0 saturated carbocycles. The first-order valence-electron chi connectivity index (χ1n) is 8.73. The SMILES string of the molecule is O=C(COC(=O)c1cn(-c2ccccc2)nc1-c1cccs1)NC(=O)NCC(F)(F)F.